The molecule has 0 unspecified atom stereocenters. The van der Waals surface area contributed by atoms with E-state index in [1.807, 2.05) is 62.4 Å². The van der Waals surface area contributed by atoms with Crippen LogP contribution in [0.25, 0.3) is 33.5 Å². The number of halogens is 2. The van der Waals surface area contributed by atoms with Crippen molar-refractivity contribution in [1.29, 1.82) is 0 Å². The maximum atomic E-state index is 14.2. The van der Waals surface area contributed by atoms with Crippen LogP contribution in [-0.2, 0) is 5.41 Å². The first-order valence-corrected chi connectivity index (χ1v) is 10.1. The summed E-state index contributed by atoms with van der Waals surface area (Å²) in [7, 11) is 0. The summed E-state index contributed by atoms with van der Waals surface area (Å²) in [4.78, 5) is 12.8. The van der Waals surface area contributed by atoms with Crippen LogP contribution in [0.4, 0.5) is 8.78 Å². The van der Waals surface area contributed by atoms with E-state index in [4.69, 9.17) is 4.98 Å². The molecule has 0 atom stereocenters. The summed E-state index contributed by atoms with van der Waals surface area (Å²) in [5, 5.41) is 8.49. The van der Waals surface area contributed by atoms with Gasteiger partial charge in [0, 0.05) is 10.8 Å². The molecule has 0 aliphatic rings. The maximum Gasteiger partial charge on any atom is 0.224 e. The smallest absolute Gasteiger partial charge is 0.224 e. The zero-order valence-corrected chi connectivity index (χ0v) is 17.5. The average molecular weight is 427 g/mol. The lowest BCUT2D eigenvalue weighted by Crippen LogP contribution is -2.22. The van der Waals surface area contributed by atoms with E-state index < -0.39 is 17.3 Å². The third-order valence-corrected chi connectivity index (χ3v) is 5.58. The van der Waals surface area contributed by atoms with Gasteiger partial charge in [0.2, 0.25) is 11.9 Å². The molecule has 0 saturated heterocycles. The lowest BCUT2D eigenvalue weighted by atomic mass is 9.84. The van der Waals surface area contributed by atoms with Gasteiger partial charge in [0.1, 0.15) is 5.69 Å². The molecule has 4 aromatic heterocycles. The Balaban J connectivity index is 1.56. The minimum absolute atomic E-state index is 0.147. The molecule has 1 N–H and O–H groups in total. The fourth-order valence-electron chi connectivity index (χ4n) is 3.74. The fourth-order valence-corrected chi connectivity index (χ4v) is 3.74. The molecule has 0 amide bonds. The number of para-hydroxylation sites is 1. The van der Waals surface area contributed by atoms with Crippen LogP contribution in [0.2, 0.25) is 0 Å². The Morgan fingerprint density at radius 3 is 2.16 bits per heavy atom. The molecule has 7 heteroatoms. The fraction of sp³-hybridized carbons (Fsp3) is 0.120. The molecule has 0 aliphatic carbocycles. The van der Waals surface area contributed by atoms with Crippen LogP contribution in [0, 0.1) is 11.9 Å². The van der Waals surface area contributed by atoms with Gasteiger partial charge in [-0.1, -0.05) is 30.3 Å². The number of H-pyrrole nitrogens is 1. The summed E-state index contributed by atoms with van der Waals surface area (Å²) in [6.07, 6.45) is 0. The third kappa shape index (κ3) is 3.41. The Bertz CT molecular complexity index is 1440. The monoisotopic (exact) mass is 427 g/mol. The van der Waals surface area contributed by atoms with E-state index in [0.29, 0.717) is 11.4 Å². The maximum absolute atomic E-state index is 14.2. The Labute approximate surface area is 183 Å². The van der Waals surface area contributed by atoms with Crippen molar-refractivity contribution in [3.63, 3.8) is 0 Å². The minimum Gasteiger partial charge on any atom is -0.277 e. The highest BCUT2D eigenvalue weighted by atomic mass is 19.1. The number of fused-ring (bicyclic) bond motifs is 1. The lowest BCUT2D eigenvalue weighted by molar-refractivity contribution is 0.514. The molecule has 1 aromatic carbocycles. The number of pyridine rings is 3. The van der Waals surface area contributed by atoms with Gasteiger partial charge in [-0.05, 0) is 56.3 Å². The summed E-state index contributed by atoms with van der Waals surface area (Å²) in [6.45, 7) is 4.01. The van der Waals surface area contributed by atoms with Crippen LogP contribution in [0.1, 0.15) is 25.2 Å². The number of hydrogen-bond donors (Lipinski definition) is 1. The molecule has 5 nitrogen and oxygen atoms in total. The second-order valence-electron chi connectivity index (χ2n) is 8.03. The first-order valence-electron chi connectivity index (χ1n) is 10.1. The van der Waals surface area contributed by atoms with Crippen molar-refractivity contribution in [3.05, 3.63) is 96.1 Å². The second kappa shape index (κ2) is 7.60. The zero-order valence-electron chi connectivity index (χ0n) is 17.5. The SMILES string of the molecule is CC(C)(c1cccc(-c2ccc(F)nc2F)n1)c1cccc(-c2n[nH]c3ccccc23)n1. The standard InChI is InChI=1S/C25H19F2N5/c1-25(2,20-11-5-9-17(28-20)16-13-14-22(26)30-24(16)27)21-12-6-10-19(29-21)23-15-7-3-4-8-18(15)31-32-23/h3-14H,1-2H3,(H,31,32). The van der Waals surface area contributed by atoms with Crippen molar-refractivity contribution in [2.75, 3.05) is 0 Å². The Hall–Kier alpha value is -4.00. The predicted octanol–water partition coefficient (Wildman–Crippen LogP) is 5.69. The van der Waals surface area contributed by atoms with Crippen LogP contribution in [0.5, 0.6) is 0 Å². The Kier molecular flexibility index (Phi) is 4.74. The quantitative estimate of drug-likeness (QED) is 0.375. The number of aromatic nitrogens is 5. The van der Waals surface area contributed by atoms with Crippen molar-refractivity contribution in [3.8, 4) is 22.6 Å². The lowest BCUT2D eigenvalue weighted by Gasteiger charge is -2.24. The van der Waals surface area contributed by atoms with Gasteiger partial charge in [-0.2, -0.15) is 18.9 Å². The van der Waals surface area contributed by atoms with Gasteiger partial charge < -0.3 is 0 Å². The molecule has 0 radical (unpaired) electrons. The first-order chi connectivity index (χ1) is 15.4. The van der Waals surface area contributed by atoms with Crippen molar-refractivity contribution >= 4 is 10.9 Å². The van der Waals surface area contributed by atoms with Crippen molar-refractivity contribution < 1.29 is 8.78 Å². The molecule has 0 aliphatic heterocycles. The molecule has 0 saturated carbocycles. The highest BCUT2D eigenvalue weighted by molar-refractivity contribution is 5.91. The van der Waals surface area contributed by atoms with E-state index in [1.165, 1.54) is 6.07 Å². The summed E-state index contributed by atoms with van der Waals surface area (Å²) in [6, 6.07) is 21.5. The molecule has 0 fully saturated rings. The van der Waals surface area contributed by atoms with Gasteiger partial charge in [-0.3, -0.25) is 15.1 Å². The molecule has 32 heavy (non-hydrogen) atoms. The number of nitrogens with zero attached hydrogens (tertiary/aromatic N) is 4. The zero-order chi connectivity index (χ0) is 22.3. The topological polar surface area (TPSA) is 67.3 Å². The molecule has 5 aromatic rings. The highest BCUT2D eigenvalue weighted by Crippen LogP contribution is 2.33. The van der Waals surface area contributed by atoms with Crippen molar-refractivity contribution in [2.24, 2.45) is 0 Å². The van der Waals surface area contributed by atoms with Gasteiger partial charge in [0.15, 0.2) is 0 Å². The van der Waals surface area contributed by atoms with E-state index in [-0.39, 0.29) is 5.56 Å². The number of benzene rings is 1. The predicted molar refractivity (Wildman–Crippen MR) is 119 cm³/mol. The second-order valence-corrected chi connectivity index (χ2v) is 8.03. The van der Waals surface area contributed by atoms with Crippen LogP contribution < -0.4 is 0 Å². The molecular weight excluding hydrogens is 408 g/mol. The van der Waals surface area contributed by atoms with E-state index in [9.17, 15) is 8.78 Å². The molecule has 0 bridgehead atoms. The van der Waals surface area contributed by atoms with E-state index in [1.54, 1.807) is 12.1 Å². The summed E-state index contributed by atoms with van der Waals surface area (Å²) < 4.78 is 27.4. The molecular formula is C25H19F2N5. The van der Waals surface area contributed by atoms with Gasteiger partial charge in [-0.25, -0.2) is 0 Å². The summed E-state index contributed by atoms with van der Waals surface area (Å²) in [5.41, 5.74) is 3.92. The van der Waals surface area contributed by atoms with E-state index >= 15 is 0 Å². The molecule has 5 rings (SSSR count). The average Bonchev–Trinajstić information content (AvgIpc) is 3.23. The third-order valence-electron chi connectivity index (χ3n) is 5.58. The van der Waals surface area contributed by atoms with Crippen molar-refractivity contribution in [2.45, 2.75) is 19.3 Å². The first kappa shape index (κ1) is 19.9. The number of hydrogen-bond acceptors (Lipinski definition) is 4. The van der Waals surface area contributed by atoms with Crippen LogP contribution >= 0.6 is 0 Å². The molecule has 0 spiro atoms. The number of nitrogens with one attached hydrogen (secondary N) is 1. The summed E-state index contributed by atoms with van der Waals surface area (Å²) in [5.74, 6) is -1.76. The molecule has 158 valence electrons. The van der Waals surface area contributed by atoms with Crippen LogP contribution in [0.15, 0.2) is 72.8 Å². The highest BCUT2D eigenvalue weighted by Gasteiger charge is 2.28. The van der Waals surface area contributed by atoms with Crippen LogP contribution in [-0.4, -0.2) is 25.1 Å². The summed E-state index contributed by atoms with van der Waals surface area (Å²) >= 11 is 0. The van der Waals surface area contributed by atoms with Gasteiger partial charge in [-0.15, -0.1) is 0 Å². The minimum atomic E-state index is -0.891. The van der Waals surface area contributed by atoms with Crippen LogP contribution in [0.3, 0.4) is 0 Å². The van der Waals surface area contributed by atoms with Crippen molar-refractivity contribution in [1.82, 2.24) is 25.1 Å². The van der Waals surface area contributed by atoms with Gasteiger partial charge >= 0.3 is 0 Å². The Morgan fingerprint density at radius 2 is 1.41 bits per heavy atom. The number of aromatic amines is 1. The van der Waals surface area contributed by atoms with E-state index in [0.717, 1.165) is 34.1 Å². The van der Waals surface area contributed by atoms with Gasteiger partial charge in [0.25, 0.3) is 0 Å². The normalized spacial score (nSPS) is 11.8. The molecule has 4 heterocycles. The largest absolute Gasteiger partial charge is 0.277 e. The van der Waals surface area contributed by atoms with Gasteiger partial charge in [0.05, 0.1) is 33.9 Å². The van der Waals surface area contributed by atoms with E-state index in [2.05, 4.69) is 20.2 Å². The number of rotatable bonds is 4. The Morgan fingerprint density at radius 1 is 0.719 bits per heavy atom.